The van der Waals surface area contributed by atoms with E-state index in [1.54, 1.807) is 40.3 Å². The first-order valence-corrected chi connectivity index (χ1v) is 13.4. The number of likely N-dealkylation sites (N-methyl/N-ethyl adjacent to an activating group) is 1. The smallest absolute Gasteiger partial charge is 0.293 e. The molecule has 3 aromatic rings. The second-order valence-electron chi connectivity index (χ2n) is 10.6. The molecular formula is C29H35N7O3. The van der Waals surface area contributed by atoms with Gasteiger partial charge in [-0.05, 0) is 58.0 Å². The number of piperazine rings is 1. The van der Waals surface area contributed by atoms with Crippen LogP contribution in [0.2, 0.25) is 0 Å². The van der Waals surface area contributed by atoms with Crippen molar-refractivity contribution >= 4 is 29.1 Å². The van der Waals surface area contributed by atoms with Crippen molar-refractivity contribution in [2.24, 2.45) is 0 Å². The molecule has 0 spiro atoms. The highest BCUT2D eigenvalue weighted by Crippen LogP contribution is 2.39. The van der Waals surface area contributed by atoms with Crippen molar-refractivity contribution in [2.45, 2.75) is 59.2 Å². The van der Waals surface area contributed by atoms with Crippen LogP contribution >= 0.6 is 0 Å². The minimum atomic E-state index is -0.631. The van der Waals surface area contributed by atoms with Crippen LogP contribution in [0, 0.1) is 6.92 Å². The van der Waals surface area contributed by atoms with E-state index in [0.717, 1.165) is 11.3 Å². The molecule has 2 aliphatic rings. The van der Waals surface area contributed by atoms with Crippen LogP contribution in [0.1, 0.15) is 50.3 Å². The summed E-state index contributed by atoms with van der Waals surface area (Å²) < 4.78 is 1.68. The van der Waals surface area contributed by atoms with Gasteiger partial charge in [-0.1, -0.05) is 24.6 Å². The number of hydrogen-bond acceptors (Lipinski definition) is 6. The second kappa shape index (κ2) is 10.3. The molecule has 0 radical (unpaired) electrons. The molecule has 5 rings (SSSR count). The molecule has 10 heteroatoms. The standard InChI is InChI=1S/C29H35N7O3/c1-7-25(37)35-20(5)28(38)33(6)23-13-10-21(14-24(23)35)27-31-26(29(39)34-15-18(3)30-19(4)16-34)32-36(27)22-11-8-17(2)9-12-22/h8-14,18-20,30H,7,15-16H2,1-6H3/t18-,19+,20-/m1/s1. The number of aromatic nitrogens is 3. The van der Waals surface area contributed by atoms with Gasteiger partial charge in [-0.25, -0.2) is 9.67 Å². The predicted octanol–water partition coefficient (Wildman–Crippen LogP) is 3.17. The summed E-state index contributed by atoms with van der Waals surface area (Å²) in [5, 5.41) is 8.13. The zero-order chi connectivity index (χ0) is 28.0. The number of hydrogen-bond donors (Lipinski definition) is 1. The summed E-state index contributed by atoms with van der Waals surface area (Å²) in [5.41, 5.74) is 3.83. The summed E-state index contributed by atoms with van der Waals surface area (Å²) in [4.78, 5) is 49.1. The molecule has 0 bridgehead atoms. The third-order valence-corrected chi connectivity index (χ3v) is 7.42. The van der Waals surface area contributed by atoms with E-state index in [2.05, 4.69) is 24.3 Å². The van der Waals surface area contributed by atoms with Crippen LogP contribution in [0.4, 0.5) is 11.4 Å². The number of carbonyl (C=O) groups excluding carboxylic acids is 3. The Hall–Kier alpha value is -4.05. The van der Waals surface area contributed by atoms with Gasteiger partial charge in [0, 0.05) is 44.2 Å². The van der Waals surface area contributed by atoms with E-state index in [9.17, 15) is 14.4 Å². The Morgan fingerprint density at radius 2 is 1.67 bits per heavy atom. The number of anilines is 2. The molecule has 0 aliphatic carbocycles. The summed E-state index contributed by atoms with van der Waals surface area (Å²) in [6, 6.07) is 13.1. The average Bonchev–Trinajstić information content (AvgIpc) is 3.36. The van der Waals surface area contributed by atoms with Gasteiger partial charge in [-0.15, -0.1) is 5.10 Å². The lowest BCUT2D eigenvalue weighted by atomic mass is 10.0. The Labute approximate surface area is 228 Å². The fraction of sp³-hybridized carbons (Fsp3) is 0.414. The molecule has 1 saturated heterocycles. The first-order valence-electron chi connectivity index (χ1n) is 13.4. The topological polar surface area (TPSA) is 104 Å². The first kappa shape index (κ1) is 26.6. The fourth-order valence-electron chi connectivity index (χ4n) is 5.47. The molecule has 0 unspecified atom stereocenters. The lowest BCUT2D eigenvalue weighted by Crippen LogP contribution is -2.56. The molecule has 3 amide bonds. The zero-order valence-corrected chi connectivity index (χ0v) is 23.3. The van der Waals surface area contributed by atoms with Gasteiger partial charge < -0.3 is 15.1 Å². The summed E-state index contributed by atoms with van der Waals surface area (Å²) in [7, 11) is 1.71. The SMILES string of the molecule is CCC(=O)N1c2cc(-c3nc(C(=O)N4C[C@@H](C)N[C@@H](C)C4)nn3-c3ccc(C)cc3)ccc2N(C)C(=O)[C@H]1C. The number of fused-ring (bicyclic) bond motifs is 1. The summed E-state index contributed by atoms with van der Waals surface area (Å²) in [6.45, 7) is 10.8. The largest absolute Gasteiger partial charge is 0.333 e. The van der Waals surface area contributed by atoms with Crippen LogP contribution in [0.25, 0.3) is 17.1 Å². The summed E-state index contributed by atoms with van der Waals surface area (Å²) in [5.74, 6) is 0.0958. The van der Waals surface area contributed by atoms with Crippen molar-refractivity contribution in [3.05, 3.63) is 53.9 Å². The lowest BCUT2D eigenvalue weighted by Gasteiger charge is -2.39. The van der Waals surface area contributed by atoms with Gasteiger partial charge >= 0.3 is 0 Å². The van der Waals surface area contributed by atoms with Crippen molar-refractivity contribution in [1.82, 2.24) is 25.0 Å². The molecule has 39 heavy (non-hydrogen) atoms. The molecule has 1 aromatic heterocycles. The van der Waals surface area contributed by atoms with Crippen molar-refractivity contribution in [3.8, 4) is 17.1 Å². The van der Waals surface area contributed by atoms with Gasteiger partial charge in [0.2, 0.25) is 17.6 Å². The van der Waals surface area contributed by atoms with E-state index >= 15 is 0 Å². The van der Waals surface area contributed by atoms with Gasteiger partial charge in [0.15, 0.2) is 5.82 Å². The highest BCUT2D eigenvalue weighted by molar-refractivity contribution is 6.13. The lowest BCUT2D eigenvalue weighted by molar-refractivity contribution is -0.124. The number of amides is 3. The average molecular weight is 530 g/mol. The van der Waals surface area contributed by atoms with E-state index in [-0.39, 0.29) is 42.1 Å². The molecular weight excluding hydrogens is 494 g/mol. The van der Waals surface area contributed by atoms with E-state index in [0.29, 0.717) is 35.9 Å². The molecule has 3 heterocycles. The highest BCUT2D eigenvalue weighted by Gasteiger charge is 2.37. The quantitative estimate of drug-likeness (QED) is 0.557. The molecule has 1 fully saturated rings. The number of aryl methyl sites for hydroxylation is 1. The highest BCUT2D eigenvalue weighted by atomic mass is 16.2. The Bertz CT molecular complexity index is 1420. The minimum absolute atomic E-state index is 0.117. The predicted molar refractivity (Wildman–Crippen MR) is 150 cm³/mol. The zero-order valence-electron chi connectivity index (χ0n) is 23.3. The first-order chi connectivity index (χ1) is 18.6. The van der Waals surface area contributed by atoms with E-state index in [4.69, 9.17) is 4.98 Å². The third-order valence-electron chi connectivity index (χ3n) is 7.42. The third kappa shape index (κ3) is 4.80. The van der Waals surface area contributed by atoms with Crippen LogP contribution in [-0.4, -0.2) is 75.6 Å². The molecule has 2 aromatic carbocycles. The van der Waals surface area contributed by atoms with Gasteiger partial charge in [-0.3, -0.25) is 19.3 Å². The number of nitrogens with zero attached hydrogens (tertiary/aromatic N) is 6. The van der Waals surface area contributed by atoms with Crippen LogP contribution in [0.3, 0.4) is 0 Å². The number of nitrogens with one attached hydrogen (secondary N) is 1. The van der Waals surface area contributed by atoms with Gasteiger partial charge in [0.05, 0.1) is 17.1 Å². The minimum Gasteiger partial charge on any atom is -0.333 e. The Kier molecular flexibility index (Phi) is 6.98. The molecule has 10 nitrogen and oxygen atoms in total. The van der Waals surface area contributed by atoms with Gasteiger partial charge in [-0.2, -0.15) is 0 Å². The summed E-state index contributed by atoms with van der Waals surface area (Å²) >= 11 is 0. The summed E-state index contributed by atoms with van der Waals surface area (Å²) in [6.07, 6.45) is 0.269. The Balaban J connectivity index is 1.63. The molecule has 3 atom stereocenters. The number of carbonyl (C=O) groups is 3. The van der Waals surface area contributed by atoms with Crippen LogP contribution in [0.5, 0.6) is 0 Å². The van der Waals surface area contributed by atoms with Crippen LogP contribution in [-0.2, 0) is 9.59 Å². The maximum Gasteiger partial charge on any atom is 0.293 e. The van der Waals surface area contributed by atoms with Gasteiger partial charge in [0.1, 0.15) is 6.04 Å². The Morgan fingerprint density at radius 1 is 1.00 bits per heavy atom. The molecule has 204 valence electrons. The molecule has 1 N–H and O–H groups in total. The van der Waals surface area contributed by atoms with Crippen molar-refractivity contribution in [2.75, 3.05) is 29.9 Å². The van der Waals surface area contributed by atoms with E-state index in [1.165, 1.54) is 0 Å². The van der Waals surface area contributed by atoms with Crippen molar-refractivity contribution < 1.29 is 14.4 Å². The van der Waals surface area contributed by atoms with Crippen LogP contribution in [0.15, 0.2) is 42.5 Å². The number of rotatable bonds is 4. The molecule has 0 saturated carbocycles. The monoisotopic (exact) mass is 529 g/mol. The Morgan fingerprint density at radius 3 is 2.31 bits per heavy atom. The van der Waals surface area contributed by atoms with Gasteiger partial charge in [0.25, 0.3) is 5.91 Å². The van der Waals surface area contributed by atoms with Crippen molar-refractivity contribution in [1.29, 1.82) is 0 Å². The van der Waals surface area contributed by atoms with Crippen LogP contribution < -0.4 is 15.1 Å². The van der Waals surface area contributed by atoms with E-state index < -0.39 is 6.04 Å². The van der Waals surface area contributed by atoms with E-state index in [1.807, 2.05) is 49.4 Å². The number of benzene rings is 2. The second-order valence-corrected chi connectivity index (χ2v) is 10.6. The maximum atomic E-state index is 13.6. The van der Waals surface area contributed by atoms with Crippen molar-refractivity contribution in [3.63, 3.8) is 0 Å². The normalized spacial score (nSPS) is 21.2. The fourth-order valence-corrected chi connectivity index (χ4v) is 5.47. The molecule has 2 aliphatic heterocycles. The maximum absolute atomic E-state index is 13.6.